The average molecular weight is 362 g/mol. The smallest absolute Gasteiger partial charge is 0.340 e. The maximum Gasteiger partial charge on any atom is 0.340 e. The number of carbonyl (C=O) groups excluding carboxylic acids is 2. The van der Waals surface area contributed by atoms with Crippen molar-refractivity contribution in [3.63, 3.8) is 0 Å². The van der Waals surface area contributed by atoms with Crippen molar-refractivity contribution in [3.05, 3.63) is 46.2 Å². The highest BCUT2D eigenvalue weighted by Gasteiger charge is 2.14. The summed E-state index contributed by atoms with van der Waals surface area (Å²) in [5.74, 6) is -0.779. The van der Waals surface area contributed by atoms with E-state index in [9.17, 15) is 14.4 Å². The van der Waals surface area contributed by atoms with Crippen molar-refractivity contribution >= 4 is 35.1 Å². The molecular weight excluding hydrogens is 344 g/mol. The molecule has 2 aromatic rings. The monoisotopic (exact) mass is 362 g/mol. The van der Waals surface area contributed by atoms with Gasteiger partial charge in [-0.2, -0.15) is 0 Å². The molecule has 4 N–H and O–H groups in total. The predicted octanol–water partition coefficient (Wildman–Crippen LogP) is 1.65. The molecule has 1 heterocycles. The van der Waals surface area contributed by atoms with Crippen molar-refractivity contribution in [1.29, 1.82) is 0 Å². The molecule has 1 aromatic heterocycles. The number of H-pyrrole nitrogens is 1. The third-order valence-corrected chi connectivity index (χ3v) is 3.81. The summed E-state index contributed by atoms with van der Waals surface area (Å²) in [7, 11) is 0. The zero-order chi connectivity index (χ0) is 18.2. The number of esters is 1. The van der Waals surface area contributed by atoms with Crippen molar-refractivity contribution in [1.82, 2.24) is 9.97 Å². The van der Waals surface area contributed by atoms with Crippen LogP contribution in [0.5, 0.6) is 0 Å². The van der Waals surface area contributed by atoms with Crippen molar-refractivity contribution in [2.24, 2.45) is 0 Å². The zero-order valence-corrected chi connectivity index (χ0v) is 14.4. The van der Waals surface area contributed by atoms with Gasteiger partial charge in [0.1, 0.15) is 5.82 Å². The number of nitrogens with one attached hydrogen (secondary N) is 2. The van der Waals surface area contributed by atoms with Crippen LogP contribution in [0.2, 0.25) is 0 Å². The Hall–Kier alpha value is -2.81. The number of benzene rings is 1. The number of anilines is 2. The molecule has 0 fully saturated rings. The molecule has 0 atom stereocenters. The van der Waals surface area contributed by atoms with Gasteiger partial charge >= 0.3 is 5.97 Å². The van der Waals surface area contributed by atoms with Crippen molar-refractivity contribution in [3.8, 4) is 0 Å². The molecule has 0 bridgehead atoms. The second kappa shape index (κ2) is 8.88. The molecule has 0 spiro atoms. The van der Waals surface area contributed by atoms with Gasteiger partial charge in [0, 0.05) is 6.07 Å². The van der Waals surface area contributed by atoms with Gasteiger partial charge in [-0.1, -0.05) is 30.8 Å². The average Bonchev–Trinajstić information content (AvgIpc) is 2.57. The summed E-state index contributed by atoms with van der Waals surface area (Å²) in [4.78, 5) is 41.8. The summed E-state index contributed by atoms with van der Waals surface area (Å²) in [6.45, 7) is 2.21. The number of aromatic nitrogens is 2. The second-order valence-corrected chi connectivity index (χ2v) is 5.96. The van der Waals surface area contributed by atoms with E-state index < -0.39 is 5.97 Å². The van der Waals surface area contributed by atoms with Crippen LogP contribution in [0.25, 0.3) is 0 Å². The molecule has 0 saturated carbocycles. The van der Waals surface area contributed by atoms with E-state index >= 15 is 0 Å². The number of para-hydroxylation sites is 1. The minimum atomic E-state index is -0.493. The molecule has 132 valence electrons. The summed E-state index contributed by atoms with van der Waals surface area (Å²) in [5.41, 5.74) is 5.74. The number of ether oxygens (including phenoxy) is 1. The number of thioether (sulfide) groups is 1. The predicted molar refractivity (Wildman–Crippen MR) is 95.6 cm³/mol. The largest absolute Gasteiger partial charge is 0.462 e. The van der Waals surface area contributed by atoms with Crippen LogP contribution in [0, 0.1) is 0 Å². The van der Waals surface area contributed by atoms with Gasteiger partial charge in [-0.05, 0) is 18.6 Å². The van der Waals surface area contributed by atoms with Crippen molar-refractivity contribution in [2.45, 2.75) is 18.5 Å². The number of hydrogen-bond acceptors (Lipinski definition) is 7. The van der Waals surface area contributed by atoms with E-state index in [0.717, 1.165) is 17.8 Å². The molecule has 0 radical (unpaired) electrons. The number of nitrogens with zero attached hydrogens (tertiary/aromatic N) is 1. The third kappa shape index (κ3) is 5.64. The molecule has 0 aliphatic rings. The fourth-order valence-corrected chi connectivity index (χ4v) is 2.57. The van der Waals surface area contributed by atoms with Crippen molar-refractivity contribution < 1.29 is 14.3 Å². The maximum atomic E-state index is 12.1. The van der Waals surface area contributed by atoms with Crippen LogP contribution < -0.4 is 16.6 Å². The molecule has 9 heteroatoms. The van der Waals surface area contributed by atoms with Gasteiger partial charge in [-0.3, -0.25) is 9.59 Å². The van der Waals surface area contributed by atoms with Crippen LogP contribution in [0.4, 0.5) is 11.5 Å². The van der Waals surface area contributed by atoms with Gasteiger partial charge in [0.15, 0.2) is 5.16 Å². The lowest BCUT2D eigenvalue weighted by atomic mass is 10.2. The Morgan fingerprint density at radius 2 is 2.12 bits per heavy atom. The topological polar surface area (TPSA) is 127 Å². The van der Waals surface area contributed by atoms with Gasteiger partial charge in [-0.15, -0.1) is 0 Å². The van der Waals surface area contributed by atoms with Crippen LogP contribution in [-0.4, -0.2) is 34.2 Å². The first-order valence-electron chi connectivity index (χ1n) is 7.55. The molecule has 1 amide bonds. The number of carbonyl (C=O) groups is 2. The summed E-state index contributed by atoms with van der Waals surface area (Å²) in [5, 5.41) is 2.90. The van der Waals surface area contributed by atoms with E-state index in [-0.39, 0.29) is 33.8 Å². The van der Waals surface area contributed by atoms with E-state index in [0.29, 0.717) is 18.7 Å². The van der Waals surface area contributed by atoms with Crippen LogP contribution in [0.15, 0.2) is 40.3 Å². The van der Waals surface area contributed by atoms with Gasteiger partial charge < -0.3 is 20.8 Å². The molecule has 8 nitrogen and oxygen atoms in total. The molecule has 0 saturated heterocycles. The Morgan fingerprint density at radius 1 is 1.36 bits per heavy atom. The van der Waals surface area contributed by atoms with Crippen LogP contribution in [0.3, 0.4) is 0 Å². The zero-order valence-electron chi connectivity index (χ0n) is 13.6. The van der Waals surface area contributed by atoms with Gasteiger partial charge in [0.25, 0.3) is 5.56 Å². The summed E-state index contributed by atoms with van der Waals surface area (Å²) in [6.07, 6.45) is 0.711. The third-order valence-electron chi connectivity index (χ3n) is 2.94. The minimum absolute atomic E-state index is 0.00919. The molecule has 0 aliphatic carbocycles. The van der Waals surface area contributed by atoms with Gasteiger partial charge in [0.05, 0.1) is 23.6 Å². The van der Waals surface area contributed by atoms with Crippen LogP contribution >= 0.6 is 11.8 Å². The number of hydrogen-bond donors (Lipinski definition) is 3. The lowest BCUT2D eigenvalue weighted by molar-refractivity contribution is -0.113. The molecule has 0 unspecified atom stereocenters. The van der Waals surface area contributed by atoms with E-state index in [2.05, 4.69) is 15.3 Å². The minimum Gasteiger partial charge on any atom is -0.462 e. The molecule has 1 aromatic carbocycles. The van der Waals surface area contributed by atoms with Gasteiger partial charge in [0.2, 0.25) is 5.91 Å². The molecule has 0 aliphatic heterocycles. The summed E-state index contributed by atoms with van der Waals surface area (Å²) < 4.78 is 5.10. The lowest BCUT2D eigenvalue weighted by Crippen LogP contribution is -2.18. The second-order valence-electron chi connectivity index (χ2n) is 4.99. The fourth-order valence-electron chi connectivity index (χ4n) is 1.88. The SMILES string of the molecule is CCCOC(=O)c1ccccc1NC(=O)CSc1nc(N)cc(=O)[nH]1. The number of nitrogen functional groups attached to an aromatic ring is 1. The highest BCUT2D eigenvalue weighted by atomic mass is 32.2. The first kappa shape index (κ1) is 18.5. The van der Waals surface area contributed by atoms with Crippen molar-refractivity contribution in [2.75, 3.05) is 23.4 Å². The van der Waals surface area contributed by atoms with Gasteiger partial charge in [-0.25, -0.2) is 9.78 Å². The van der Waals surface area contributed by atoms with E-state index in [1.54, 1.807) is 24.3 Å². The Kier molecular flexibility index (Phi) is 6.58. The molecule has 25 heavy (non-hydrogen) atoms. The number of nitrogens with two attached hydrogens (primary N) is 1. The molecular formula is C16H18N4O4S. The first-order valence-corrected chi connectivity index (χ1v) is 8.53. The van der Waals surface area contributed by atoms with E-state index in [4.69, 9.17) is 10.5 Å². The Balaban J connectivity index is 2.00. The highest BCUT2D eigenvalue weighted by Crippen LogP contribution is 2.18. The van der Waals surface area contributed by atoms with E-state index in [1.807, 2.05) is 6.92 Å². The number of aromatic amines is 1. The molecule has 2 rings (SSSR count). The quantitative estimate of drug-likeness (QED) is 0.388. The summed E-state index contributed by atoms with van der Waals surface area (Å²) >= 11 is 1.03. The Bertz CT molecular complexity index is 822. The standard InChI is InChI=1S/C16H18N4O4S/c1-2-7-24-15(23)10-5-3-4-6-11(10)18-14(22)9-25-16-19-12(17)8-13(21)20-16/h3-6,8H,2,7,9H2,1H3,(H,18,22)(H3,17,19,20,21). The van der Waals surface area contributed by atoms with Crippen LogP contribution in [0.1, 0.15) is 23.7 Å². The summed E-state index contributed by atoms with van der Waals surface area (Å²) in [6, 6.07) is 7.75. The van der Waals surface area contributed by atoms with Crippen LogP contribution in [-0.2, 0) is 9.53 Å². The normalized spacial score (nSPS) is 10.3. The Labute approximate surface area is 148 Å². The first-order chi connectivity index (χ1) is 12.0. The highest BCUT2D eigenvalue weighted by molar-refractivity contribution is 7.99. The van der Waals surface area contributed by atoms with E-state index in [1.165, 1.54) is 0 Å². The number of rotatable bonds is 7. The number of amides is 1. The fraction of sp³-hybridized carbons (Fsp3) is 0.250. The maximum absolute atomic E-state index is 12.1. The lowest BCUT2D eigenvalue weighted by Gasteiger charge is -2.10. The Morgan fingerprint density at radius 3 is 2.84 bits per heavy atom.